The van der Waals surface area contributed by atoms with Gasteiger partial charge in [-0.05, 0) is 24.7 Å². The molecule has 0 aliphatic carbocycles. The van der Waals surface area contributed by atoms with Crippen molar-refractivity contribution in [1.82, 2.24) is 5.32 Å². The van der Waals surface area contributed by atoms with Gasteiger partial charge in [-0.3, -0.25) is 0 Å². The summed E-state index contributed by atoms with van der Waals surface area (Å²) in [6, 6.07) is 1.42. The van der Waals surface area contributed by atoms with E-state index in [0.29, 0.717) is 17.6 Å². The first-order valence-electron chi connectivity index (χ1n) is 4.13. The summed E-state index contributed by atoms with van der Waals surface area (Å²) >= 11 is 0. The Hall–Kier alpha value is -0.0794. The Morgan fingerprint density at radius 3 is 3.00 bits per heavy atom. The number of hydrogen-bond acceptors (Lipinski definition) is 2. The van der Waals surface area contributed by atoms with Gasteiger partial charge in [-0.1, -0.05) is 6.04 Å². The normalized spacial score (nSPS) is 11.7. The summed E-state index contributed by atoms with van der Waals surface area (Å²) in [6.45, 7) is 0.801. The lowest BCUT2D eigenvalue weighted by molar-refractivity contribution is 0.171. The van der Waals surface area contributed by atoms with Crippen LogP contribution >= 0.6 is 0 Å². The fourth-order valence-electron chi connectivity index (χ4n) is 0.814. The van der Waals surface area contributed by atoms with E-state index in [1.165, 1.54) is 22.9 Å². The van der Waals surface area contributed by atoms with E-state index in [0.717, 1.165) is 13.0 Å². The van der Waals surface area contributed by atoms with E-state index in [1.807, 2.05) is 0 Å². The van der Waals surface area contributed by atoms with Crippen LogP contribution in [0.2, 0.25) is 6.04 Å². The molecule has 1 N–H and O–H groups in total. The first-order valence-corrected chi connectivity index (χ1v) is 14.8. The highest BCUT2D eigenvalue weighted by molar-refractivity contribution is 7.23. The first-order chi connectivity index (χ1) is 5.31. The number of carbonyl (C=O) groups is 1. The van der Waals surface area contributed by atoms with Crippen LogP contribution in [-0.4, -0.2) is 47.1 Å². The van der Waals surface area contributed by atoms with Crippen LogP contribution in [0.4, 0.5) is 4.79 Å². The van der Waals surface area contributed by atoms with Crippen LogP contribution < -0.4 is 5.32 Å². The second kappa shape index (κ2) is 8.02. The fraction of sp³-hybridized carbons (Fsp3) is 0.800. The lowest BCUT2D eigenvalue weighted by Crippen LogP contribution is -2.24. The molecule has 0 bridgehead atoms. The van der Waals surface area contributed by atoms with Gasteiger partial charge in [0.15, 0.2) is 0 Å². The van der Waals surface area contributed by atoms with Crippen LogP contribution in [0.1, 0.15) is 6.42 Å². The van der Waals surface area contributed by atoms with Gasteiger partial charge in [0.1, 0.15) is 0 Å². The van der Waals surface area contributed by atoms with Crippen molar-refractivity contribution in [2.45, 2.75) is 12.5 Å². The average molecular weight is 207 g/mol. The number of alkyl carbamates (subject to hydrolysis) is 1. The Balaban J connectivity index is 2.95. The van der Waals surface area contributed by atoms with Gasteiger partial charge in [-0.25, -0.2) is 4.79 Å². The number of hydrogen-bond donors (Lipinski definition) is 1. The van der Waals surface area contributed by atoms with Crippen molar-refractivity contribution in [3.05, 3.63) is 0 Å². The molecule has 11 heavy (non-hydrogen) atoms. The van der Waals surface area contributed by atoms with Crippen LogP contribution in [-0.2, 0) is 4.74 Å². The number of amides is 1. The molecule has 0 rings (SSSR count). The maximum Gasteiger partial charge on any atom is 0.406 e. The van der Waals surface area contributed by atoms with Crippen molar-refractivity contribution in [2.75, 3.05) is 13.7 Å². The summed E-state index contributed by atoms with van der Waals surface area (Å²) in [7, 11) is 3.76. The van der Waals surface area contributed by atoms with E-state index in [9.17, 15) is 4.79 Å². The molecule has 0 unspecified atom stereocenters. The monoisotopic (exact) mass is 207 g/mol. The standard InChI is InChI=1S/C5H17NO2Si3/c1-8-5(7)6-3-2-4-10-11-9/h2-4,10-11H2,1,9H3,(H,6,7). The van der Waals surface area contributed by atoms with Crippen LogP contribution in [0, 0.1) is 0 Å². The van der Waals surface area contributed by atoms with E-state index in [1.54, 1.807) is 0 Å². The summed E-state index contributed by atoms with van der Waals surface area (Å²) in [6.07, 6.45) is 0.867. The molecule has 3 nitrogen and oxygen atoms in total. The molecule has 0 saturated heterocycles. The van der Waals surface area contributed by atoms with Crippen molar-refractivity contribution < 1.29 is 9.53 Å². The van der Waals surface area contributed by atoms with Gasteiger partial charge in [-0.2, -0.15) is 0 Å². The summed E-state index contributed by atoms with van der Waals surface area (Å²) in [5.74, 6) is 0. The fourth-order valence-corrected chi connectivity index (χ4v) is 8.98. The third-order valence-corrected chi connectivity index (χ3v) is 13.2. The summed E-state index contributed by atoms with van der Waals surface area (Å²) in [4.78, 5) is 10.5. The zero-order valence-corrected chi connectivity index (χ0v) is 12.2. The largest absolute Gasteiger partial charge is 0.453 e. The Kier molecular flexibility index (Phi) is 7.96. The molecule has 0 aliphatic heterocycles. The van der Waals surface area contributed by atoms with Gasteiger partial charge >= 0.3 is 6.09 Å². The lowest BCUT2D eigenvalue weighted by atomic mass is 10.5. The Morgan fingerprint density at radius 2 is 2.45 bits per heavy atom. The third-order valence-electron chi connectivity index (χ3n) is 1.49. The zero-order chi connectivity index (χ0) is 8.53. The van der Waals surface area contributed by atoms with E-state index in [2.05, 4.69) is 10.1 Å². The van der Waals surface area contributed by atoms with E-state index in [4.69, 9.17) is 0 Å². The van der Waals surface area contributed by atoms with Crippen molar-refractivity contribution in [1.29, 1.82) is 0 Å². The maximum atomic E-state index is 10.5. The molecule has 0 spiro atoms. The van der Waals surface area contributed by atoms with Gasteiger partial charge in [0.25, 0.3) is 0 Å². The molecule has 6 heteroatoms. The highest BCUT2D eigenvalue weighted by Crippen LogP contribution is 1.84. The van der Waals surface area contributed by atoms with Gasteiger partial charge < -0.3 is 10.1 Å². The van der Waals surface area contributed by atoms with E-state index >= 15 is 0 Å². The minimum atomic E-state index is -0.296. The molecule has 0 aromatic rings. The summed E-state index contributed by atoms with van der Waals surface area (Å²) < 4.78 is 4.43. The second-order valence-corrected chi connectivity index (χ2v) is 19.0. The molecular formula is C5H17NO2Si3. The van der Waals surface area contributed by atoms with Crippen LogP contribution in [0.5, 0.6) is 0 Å². The smallest absolute Gasteiger partial charge is 0.406 e. The molecule has 1 amide bonds. The third kappa shape index (κ3) is 7.82. The Morgan fingerprint density at radius 1 is 1.73 bits per heavy atom. The lowest BCUT2D eigenvalue weighted by Gasteiger charge is -2.01. The molecule has 66 valence electrons. The minimum Gasteiger partial charge on any atom is -0.453 e. The van der Waals surface area contributed by atoms with Crippen molar-refractivity contribution >= 4 is 33.4 Å². The first kappa shape index (κ1) is 10.9. The van der Waals surface area contributed by atoms with Gasteiger partial charge in [0.05, 0.1) is 7.11 Å². The molecule has 0 heterocycles. The maximum absolute atomic E-state index is 10.5. The number of nitrogens with one attached hydrogen (secondary N) is 1. The van der Waals surface area contributed by atoms with Gasteiger partial charge in [-0.15, -0.1) is 0 Å². The van der Waals surface area contributed by atoms with Crippen molar-refractivity contribution in [3.8, 4) is 0 Å². The van der Waals surface area contributed by atoms with Gasteiger partial charge in [0, 0.05) is 15.6 Å². The average Bonchev–Trinajstić information content (AvgIpc) is 2.04. The van der Waals surface area contributed by atoms with Crippen LogP contribution in [0.15, 0.2) is 0 Å². The van der Waals surface area contributed by atoms with Crippen LogP contribution in [0.3, 0.4) is 0 Å². The molecule has 0 saturated carbocycles. The second-order valence-electron chi connectivity index (χ2n) is 2.48. The molecular weight excluding hydrogens is 190 g/mol. The topological polar surface area (TPSA) is 38.3 Å². The molecule has 0 radical (unpaired) electrons. The summed E-state index contributed by atoms with van der Waals surface area (Å²) in [5.41, 5.74) is 0. The Bertz CT molecular complexity index is 112. The highest BCUT2D eigenvalue weighted by atomic mass is 29.5. The highest BCUT2D eigenvalue weighted by Gasteiger charge is 1.95. The SMILES string of the molecule is COC(=O)NCCC[SiH2][SiH2][SiH3]. The molecule has 0 aromatic heterocycles. The molecule has 0 fully saturated rings. The van der Waals surface area contributed by atoms with Crippen molar-refractivity contribution in [3.63, 3.8) is 0 Å². The molecule has 0 aromatic carbocycles. The number of carbonyl (C=O) groups excluding carboxylic acids is 1. The predicted molar refractivity (Wildman–Crippen MR) is 56.9 cm³/mol. The summed E-state index contributed by atoms with van der Waals surface area (Å²) in [5, 5.41) is 2.68. The Labute approximate surface area is 74.9 Å². The quantitative estimate of drug-likeness (QED) is 0.406. The van der Waals surface area contributed by atoms with Gasteiger partial charge in [0.2, 0.25) is 0 Å². The van der Waals surface area contributed by atoms with Crippen molar-refractivity contribution in [2.24, 2.45) is 0 Å². The number of rotatable bonds is 5. The predicted octanol–water partition coefficient (Wildman–Crippen LogP) is -2.32. The van der Waals surface area contributed by atoms with E-state index in [-0.39, 0.29) is 6.09 Å². The minimum absolute atomic E-state index is 0.296. The van der Waals surface area contributed by atoms with E-state index < -0.39 is 0 Å². The zero-order valence-electron chi connectivity index (χ0n) is 7.35. The number of methoxy groups -OCH3 is 1. The molecule has 0 atom stereocenters. The number of ether oxygens (including phenoxy) is 1. The molecule has 0 aliphatic rings. The van der Waals surface area contributed by atoms with Crippen LogP contribution in [0.25, 0.3) is 0 Å².